The largest absolute Gasteiger partial charge is 0.352 e. The number of benzene rings is 3. The molecule has 0 saturated carbocycles. The van der Waals surface area contributed by atoms with E-state index in [1.165, 1.54) is 12.1 Å². The first-order valence-electron chi connectivity index (χ1n) is 13.7. The van der Waals surface area contributed by atoms with Gasteiger partial charge in [-0.2, -0.15) is 0 Å². The van der Waals surface area contributed by atoms with Gasteiger partial charge in [-0.15, -0.1) is 0 Å². The lowest BCUT2D eigenvalue weighted by atomic mass is 10.0. The van der Waals surface area contributed by atoms with Crippen molar-refractivity contribution in [1.29, 1.82) is 0 Å². The van der Waals surface area contributed by atoms with E-state index in [0.717, 1.165) is 26.3 Å². The van der Waals surface area contributed by atoms with E-state index < -0.39 is 22.0 Å². The minimum atomic E-state index is -3.96. The molecule has 0 aliphatic carbocycles. The molecule has 0 unspecified atom stereocenters. The van der Waals surface area contributed by atoms with Crippen molar-refractivity contribution in [3.63, 3.8) is 0 Å². The second-order valence-corrected chi connectivity index (χ2v) is 12.9. The van der Waals surface area contributed by atoms with Gasteiger partial charge < -0.3 is 10.2 Å². The van der Waals surface area contributed by atoms with Gasteiger partial charge in [-0.25, -0.2) is 12.7 Å². The van der Waals surface area contributed by atoms with Gasteiger partial charge in [0, 0.05) is 36.4 Å². The second kappa shape index (κ2) is 13.4. The summed E-state index contributed by atoms with van der Waals surface area (Å²) in [6.07, 6.45) is 1.15. The molecule has 3 amide bonds. The molecule has 8 nitrogen and oxygen atoms in total. The summed E-state index contributed by atoms with van der Waals surface area (Å²) in [6, 6.07) is 22.3. The molecule has 10 heteroatoms. The Morgan fingerprint density at radius 1 is 0.951 bits per heavy atom. The Morgan fingerprint density at radius 2 is 1.61 bits per heavy atom. The maximum absolute atomic E-state index is 13.8. The van der Waals surface area contributed by atoms with Crippen LogP contribution in [0.2, 0.25) is 0 Å². The van der Waals surface area contributed by atoms with Crippen molar-refractivity contribution in [2.45, 2.75) is 63.1 Å². The van der Waals surface area contributed by atoms with Crippen LogP contribution in [0.5, 0.6) is 0 Å². The van der Waals surface area contributed by atoms with Crippen LogP contribution in [0.3, 0.4) is 0 Å². The molecule has 3 aromatic rings. The summed E-state index contributed by atoms with van der Waals surface area (Å²) >= 11 is 3.44. The van der Waals surface area contributed by atoms with Crippen LogP contribution in [0.4, 0.5) is 0 Å². The lowest BCUT2D eigenvalue weighted by Crippen LogP contribution is -2.52. The van der Waals surface area contributed by atoms with Crippen LogP contribution < -0.4 is 5.32 Å². The van der Waals surface area contributed by atoms with Gasteiger partial charge in [0.25, 0.3) is 15.9 Å². The number of fused-ring (bicyclic) bond motifs is 1. The fourth-order valence-corrected chi connectivity index (χ4v) is 6.62. The molecular weight excluding hydrogens is 606 g/mol. The third-order valence-corrected chi connectivity index (χ3v) is 9.57. The predicted octanol–water partition coefficient (Wildman–Crippen LogP) is 4.93. The van der Waals surface area contributed by atoms with Gasteiger partial charge in [0.2, 0.25) is 11.8 Å². The Kier molecular flexibility index (Phi) is 9.99. The Labute approximate surface area is 249 Å². The van der Waals surface area contributed by atoms with Crippen molar-refractivity contribution >= 4 is 43.7 Å². The number of hydrogen-bond acceptors (Lipinski definition) is 5. The number of nitrogens with zero attached hydrogens (tertiary/aromatic N) is 2. The second-order valence-electron chi connectivity index (χ2n) is 10.2. The predicted molar refractivity (Wildman–Crippen MR) is 160 cm³/mol. The Bertz CT molecular complexity index is 1500. The minimum absolute atomic E-state index is 0.0159. The Morgan fingerprint density at radius 3 is 2.27 bits per heavy atom. The molecule has 1 N–H and O–H groups in total. The molecule has 0 bridgehead atoms. The third kappa shape index (κ3) is 7.23. The average molecular weight is 641 g/mol. The van der Waals surface area contributed by atoms with Gasteiger partial charge in [-0.05, 0) is 55.2 Å². The van der Waals surface area contributed by atoms with Crippen molar-refractivity contribution in [1.82, 2.24) is 14.5 Å². The van der Waals surface area contributed by atoms with E-state index in [-0.39, 0.29) is 54.2 Å². The van der Waals surface area contributed by atoms with Crippen molar-refractivity contribution in [2.24, 2.45) is 0 Å². The number of carbonyl (C=O) groups excluding carboxylic acids is 3. The summed E-state index contributed by atoms with van der Waals surface area (Å²) in [7, 11) is -3.96. The standard InChI is InChI=1S/C31H34BrN3O5S/c1-3-22(2)33-30(37)27(20-23-10-5-4-6-11-23)34(21-24-15-17-25(32)18-16-24)29(36)14-9-19-35-31(38)26-12-7-8-13-28(26)41(35,39)40/h4-8,10-13,15-18,22,27H,3,9,14,19-21H2,1-2H3,(H,33,37)/t22-,27-/m0/s1. The average Bonchev–Trinajstić information content (AvgIpc) is 3.16. The monoisotopic (exact) mass is 639 g/mol. The fourth-order valence-electron chi connectivity index (χ4n) is 4.75. The lowest BCUT2D eigenvalue weighted by molar-refractivity contribution is -0.141. The van der Waals surface area contributed by atoms with E-state index in [1.807, 2.05) is 68.4 Å². The van der Waals surface area contributed by atoms with E-state index in [9.17, 15) is 22.8 Å². The molecule has 3 aromatic carbocycles. The number of carbonyl (C=O) groups is 3. The molecule has 1 aliphatic heterocycles. The number of amides is 3. The zero-order valence-electron chi connectivity index (χ0n) is 23.1. The van der Waals surface area contributed by atoms with Crippen LogP contribution in [0, 0.1) is 0 Å². The van der Waals surface area contributed by atoms with Crippen molar-refractivity contribution in [3.05, 3.63) is 100 Å². The molecule has 0 spiro atoms. The maximum Gasteiger partial charge on any atom is 0.269 e. The van der Waals surface area contributed by atoms with E-state index in [4.69, 9.17) is 0 Å². The lowest BCUT2D eigenvalue weighted by Gasteiger charge is -2.32. The van der Waals surface area contributed by atoms with Crippen molar-refractivity contribution < 1.29 is 22.8 Å². The number of hydrogen-bond donors (Lipinski definition) is 1. The molecule has 0 radical (unpaired) electrons. The fraction of sp³-hybridized carbons (Fsp3) is 0.323. The first kappa shape index (κ1) is 30.5. The molecule has 1 aliphatic rings. The molecule has 1 heterocycles. The molecule has 0 aromatic heterocycles. The zero-order chi connectivity index (χ0) is 29.6. The topological polar surface area (TPSA) is 104 Å². The molecule has 0 fully saturated rings. The van der Waals surface area contributed by atoms with Crippen molar-refractivity contribution in [3.8, 4) is 0 Å². The Balaban J connectivity index is 1.57. The first-order valence-corrected chi connectivity index (χ1v) is 15.9. The maximum atomic E-state index is 13.8. The normalized spacial score (nSPS) is 15.2. The van der Waals surface area contributed by atoms with E-state index in [0.29, 0.717) is 6.42 Å². The minimum Gasteiger partial charge on any atom is -0.352 e. The van der Waals surface area contributed by atoms with Gasteiger partial charge in [0.05, 0.1) is 5.56 Å². The molecule has 41 heavy (non-hydrogen) atoms. The highest BCUT2D eigenvalue weighted by molar-refractivity contribution is 9.10. The van der Waals surface area contributed by atoms with Gasteiger partial charge in [-0.1, -0.05) is 77.5 Å². The smallest absolute Gasteiger partial charge is 0.269 e. The molecule has 2 atom stereocenters. The Hall–Kier alpha value is -3.50. The summed E-state index contributed by atoms with van der Waals surface area (Å²) in [5, 5.41) is 3.04. The quantitative estimate of drug-likeness (QED) is 0.303. The molecule has 4 rings (SSSR count). The van der Waals surface area contributed by atoms with E-state index in [2.05, 4.69) is 21.2 Å². The number of rotatable bonds is 12. The molecule has 216 valence electrons. The summed E-state index contributed by atoms with van der Waals surface area (Å²) in [5.41, 5.74) is 1.90. The summed E-state index contributed by atoms with van der Waals surface area (Å²) in [4.78, 5) is 41.8. The molecular formula is C31H34BrN3O5S. The van der Waals surface area contributed by atoms with Crippen LogP contribution >= 0.6 is 15.9 Å². The number of halogens is 1. The van der Waals surface area contributed by atoms with Crippen molar-refractivity contribution in [2.75, 3.05) is 6.54 Å². The van der Waals surface area contributed by atoms with E-state index >= 15 is 0 Å². The summed E-state index contributed by atoms with van der Waals surface area (Å²) in [6.45, 7) is 3.97. The SMILES string of the molecule is CC[C@H](C)NC(=O)[C@H](Cc1ccccc1)N(Cc1ccc(Br)cc1)C(=O)CCCN1C(=O)c2ccccc2S1(=O)=O. The first-order chi connectivity index (χ1) is 19.6. The van der Waals surface area contributed by atoms with Crippen LogP contribution in [0.25, 0.3) is 0 Å². The van der Waals surface area contributed by atoms with Gasteiger partial charge in [0.1, 0.15) is 10.9 Å². The highest BCUT2D eigenvalue weighted by atomic mass is 79.9. The number of sulfonamides is 1. The van der Waals surface area contributed by atoms with Crippen LogP contribution in [-0.4, -0.2) is 54.0 Å². The highest BCUT2D eigenvalue weighted by Gasteiger charge is 2.40. The van der Waals surface area contributed by atoms with Gasteiger partial charge in [0.15, 0.2) is 0 Å². The van der Waals surface area contributed by atoms with Gasteiger partial charge >= 0.3 is 0 Å². The molecule has 0 saturated heterocycles. The summed E-state index contributed by atoms with van der Waals surface area (Å²) < 4.78 is 27.6. The van der Waals surface area contributed by atoms with Crippen LogP contribution in [-0.2, 0) is 32.6 Å². The summed E-state index contributed by atoms with van der Waals surface area (Å²) in [5.74, 6) is -1.13. The van der Waals surface area contributed by atoms with Crippen LogP contribution in [0.15, 0.2) is 88.2 Å². The number of nitrogens with one attached hydrogen (secondary N) is 1. The highest BCUT2D eigenvalue weighted by Crippen LogP contribution is 2.30. The zero-order valence-corrected chi connectivity index (χ0v) is 25.5. The third-order valence-electron chi connectivity index (χ3n) is 7.20. The van der Waals surface area contributed by atoms with E-state index in [1.54, 1.807) is 17.0 Å². The van der Waals surface area contributed by atoms with Crippen LogP contribution in [0.1, 0.15) is 54.6 Å². The van der Waals surface area contributed by atoms with Gasteiger partial charge in [-0.3, -0.25) is 14.4 Å².